The van der Waals surface area contributed by atoms with Crippen molar-refractivity contribution in [2.75, 3.05) is 0 Å². The first kappa shape index (κ1) is 10.6. The number of hydrogen-bond acceptors (Lipinski definition) is 2. The van der Waals surface area contributed by atoms with E-state index in [0.29, 0.717) is 0 Å². The summed E-state index contributed by atoms with van der Waals surface area (Å²) in [6.45, 7) is 5.55. The Morgan fingerprint density at radius 3 is 2.80 bits per heavy atom. The van der Waals surface area contributed by atoms with Gasteiger partial charge in [0.1, 0.15) is 0 Å². The third-order valence-electron chi connectivity index (χ3n) is 3.42. The third kappa shape index (κ3) is 2.78. The van der Waals surface area contributed by atoms with Gasteiger partial charge in [0.15, 0.2) is 0 Å². The summed E-state index contributed by atoms with van der Waals surface area (Å²) in [5, 5.41) is 3.56. The van der Waals surface area contributed by atoms with Crippen molar-refractivity contribution >= 4 is 0 Å². The van der Waals surface area contributed by atoms with Crippen LogP contribution in [-0.4, -0.2) is 11.0 Å². The SMILES string of the molecule is CC(C)C1CC(NCc2ccccn2)C1. The molecule has 0 bridgehead atoms. The van der Waals surface area contributed by atoms with Crippen molar-refractivity contribution in [3.05, 3.63) is 30.1 Å². The minimum atomic E-state index is 0.722. The molecular weight excluding hydrogens is 184 g/mol. The van der Waals surface area contributed by atoms with Gasteiger partial charge in [-0.3, -0.25) is 4.98 Å². The minimum absolute atomic E-state index is 0.722. The fraction of sp³-hybridized carbons (Fsp3) is 0.615. The van der Waals surface area contributed by atoms with Crippen LogP contribution in [0.3, 0.4) is 0 Å². The quantitative estimate of drug-likeness (QED) is 0.815. The minimum Gasteiger partial charge on any atom is -0.308 e. The Kier molecular flexibility index (Phi) is 3.37. The highest BCUT2D eigenvalue weighted by Gasteiger charge is 2.30. The zero-order valence-electron chi connectivity index (χ0n) is 9.61. The Bertz CT molecular complexity index is 289. The van der Waals surface area contributed by atoms with Crippen molar-refractivity contribution < 1.29 is 0 Å². The summed E-state index contributed by atoms with van der Waals surface area (Å²) in [6.07, 6.45) is 4.53. The molecule has 1 aliphatic rings. The van der Waals surface area contributed by atoms with Crippen LogP contribution in [0, 0.1) is 11.8 Å². The van der Waals surface area contributed by atoms with Gasteiger partial charge >= 0.3 is 0 Å². The van der Waals surface area contributed by atoms with Crippen LogP contribution in [0.1, 0.15) is 32.4 Å². The molecule has 0 radical (unpaired) electrons. The van der Waals surface area contributed by atoms with Gasteiger partial charge in [0.2, 0.25) is 0 Å². The molecule has 0 unspecified atom stereocenters. The second kappa shape index (κ2) is 4.75. The monoisotopic (exact) mass is 204 g/mol. The van der Waals surface area contributed by atoms with Crippen molar-refractivity contribution in [1.82, 2.24) is 10.3 Å². The molecule has 2 rings (SSSR count). The summed E-state index contributed by atoms with van der Waals surface area (Å²) < 4.78 is 0. The van der Waals surface area contributed by atoms with Gasteiger partial charge in [0, 0.05) is 18.8 Å². The first-order valence-corrected chi connectivity index (χ1v) is 5.89. The van der Waals surface area contributed by atoms with E-state index >= 15 is 0 Å². The molecule has 1 aliphatic carbocycles. The zero-order chi connectivity index (χ0) is 10.7. The van der Waals surface area contributed by atoms with Crippen molar-refractivity contribution in [1.29, 1.82) is 0 Å². The smallest absolute Gasteiger partial charge is 0.0541 e. The molecule has 1 aromatic heterocycles. The van der Waals surface area contributed by atoms with E-state index < -0.39 is 0 Å². The van der Waals surface area contributed by atoms with Crippen LogP contribution in [-0.2, 0) is 6.54 Å². The lowest BCUT2D eigenvalue weighted by atomic mass is 9.74. The number of hydrogen-bond donors (Lipinski definition) is 1. The molecule has 1 fully saturated rings. The molecule has 0 atom stereocenters. The highest BCUT2D eigenvalue weighted by Crippen LogP contribution is 2.33. The number of aromatic nitrogens is 1. The fourth-order valence-electron chi connectivity index (χ4n) is 2.12. The van der Waals surface area contributed by atoms with E-state index in [0.717, 1.165) is 30.1 Å². The molecule has 0 amide bonds. The normalized spacial score (nSPS) is 25.3. The van der Waals surface area contributed by atoms with Gasteiger partial charge < -0.3 is 5.32 Å². The molecule has 15 heavy (non-hydrogen) atoms. The van der Waals surface area contributed by atoms with E-state index in [1.54, 1.807) is 0 Å². The molecule has 0 aliphatic heterocycles. The maximum Gasteiger partial charge on any atom is 0.0541 e. The standard InChI is InChI=1S/C13H20N2/c1-10(2)11-7-13(8-11)15-9-12-5-3-4-6-14-12/h3-6,10-11,13,15H,7-9H2,1-2H3. The molecule has 0 saturated heterocycles. The summed E-state index contributed by atoms with van der Waals surface area (Å²) in [4.78, 5) is 4.30. The molecule has 2 nitrogen and oxygen atoms in total. The van der Waals surface area contributed by atoms with Crippen molar-refractivity contribution in [2.45, 2.75) is 39.3 Å². The van der Waals surface area contributed by atoms with Gasteiger partial charge in [-0.2, -0.15) is 0 Å². The largest absolute Gasteiger partial charge is 0.308 e. The average molecular weight is 204 g/mol. The maximum absolute atomic E-state index is 4.30. The Labute approximate surface area is 92.1 Å². The summed E-state index contributed by atoms with van der Waals surface area (Å²) in [5.74, 6) is 1.78. The molecule has 1 N–H and O–H groups in total. The van der Waals surface area contributed by atoms with Crippen LogP contribution in [0.5, 0.6) is 0 Å². The van der Waals surface area contributed by atoms with Crippen LogP contribution >= 0.6 is 0 Å². The molecule has 2 heteroatoms. The second-order valence-electron chi connectivity index (χ2n) is 4.87. The first-order valence-electron chi connectivity index (χ1n) is 5.89. The number of nitrogens with zero attached hydrogens (tertiary/aromatic N) is 1. The van der Waals surface area contributed by atoms with Crippen LogP contribution in [0.25, 0.3) is 0 Å². The molecular formula is C13H20N2. The molecule has 1 heterocycles. The van der Waals surface area contributed by atoms with Crippen LogP contribution in [0.15, 0.2) is 24.4 Å². The van der Waals surface area contributed by atoms with E-state index in [4.69, 9.17) is 0 Å². The highest BCUT2D eigenvalue weighted by atomic mass is 14.9. The lowest BCUT2D eigenvalue weighted by molar-refractivity contribution is 0.167. The molecule has 1 aromatic rings. The number of nitrogens with one attached hydrogen (secondary N) is 1. The lowest BCUT2D eigenvalue weighted by Crippen LogP contribution is -2.42. The van der Waals surface area contributed by atoms with Crippen LogP contribution in [0.2, 0.25) is 0 Å². The van der Waals surface area contributed by atoms with Crippen molar-refractivity contribution in [2.24, 2.45) is 11.8 Å². The van der Waals surface area contributed by atoms with Crippen LogP contribution < -0.4 is 5.32 Å². The van der Waals surface area contributed by atoms with E-state index in [9.17, 15) is 0 Å². The predicted octanol–water partition coefficient (Wildman–Crippen LogP) is 2.61. The van der Waals surface area contributed by atoms with E-state index in [-0.39, 0.29) is 0 Å². The number of pyridine rings is 1. The average Bonchev–Trinajstić information content (AvgIpc) is 2.16. The van der Waals surface area contributed by atoms with E-state index in [2.05, 4.69) is 30.2 Å². The van der Waals surface area contributed by atoms with Crippen molar-refractivity contribution in [3.63, 3.8) is 0 Å². The van der Waals surface area contributed by atoms with Gasteiger partial charge in [0.25, 0.3) is 0 Å². The summed E-state index contributed by atoms with van der Waals surface area (Å²) in [7, 11) is 0. The Morgan fingerprint density at radius 1 is 1.40 bits per heavy atom. The van der Waals surface area contributed by atoms with Crippen LogP contribution in [0.4, 0.5) is 0 Å². The summed E-state index contributed by atoms with van der Waals surface area (Å²) in [5.41, 5.74) is 1.14. The van der Waals surface area contributed by atoms with Gasteiger partial charge in [-0.1, -0.05) is 19.9 Å². The fourth-order valence-corrected chi connectivity index (χ4v) is 2.12. The predicted molar refractivity (Wildman–Crippen MR) is 62.4 cm³/mol. The Balaban J connectivity index is 1.69. The zero-order valence-corrected chi connectivity index (χ0v) is 9.61. The van der Waals surface area contributed by atoms with E-state index in [1.165, 1.54) is 12.8 Å². The highest BCUT2D eigenvalue weighted by molar-refractivity contribution is 5.03. The molecule has 82 valence electrons. The van der Waals surface area contributed by atoms with E-state index in [1.807, 2.05) is 18.3 Å². The van der Waals surface area contributed by atoms with Gasteiger partial charge in [0.05, 0.1) is 5.69 Å². The topological polar surface area (TPSA) is 24.9 Å². The molecule has 1 saturated carbocycles. The van der Waals surface area contributed by atoms with Crippen molar-refractivity contribution in [3.8, 4) is 0 Å². The summed E-state index contributed by atoms with van der Waals surface area (Å²) in [6, 6.07) is 6.80. The molecule has 0 aromatic carbocycles. The molecule has 0 spiro atoms. The third-order valence-corrected chi connectivity index (χ3v) is 3.42. The van der Waals surface area contributed by atoms with Gasteiger partial charge in [-0.15, -0.1) is 0 Å². The van der Waals surface area contributed by atoms with Gasteiger partial charge in [-0.05, 0) is 36.8 Å². The Morgan fingerprint density at radius 2 is 2.20 bits per heavy atom. The summed E-state index contributed by atoms with van der Waals surface area (Å²) >= 11 is 0. The lowest BCUT2D eigenvalue weighted by Gasteiger charge is -2.38. The second-order valence-corrected chi connectivity index (χ2v) is 4.87. The Hall–Kier alpha value is -0.890. The number of rotatable bonds is 4. The maximum atomic E-state index is 4.30. The van der Waals surface area contributed by atoms with Gasteiger partial charge in [-0.25, -0.2) is 0 Å². The first-order chi connectivity index (χ1) is 7.25.